The Hall–Kier alpha value is -1.80. The van der Waals surface area contributed by atoms with E-state index in [1.54, 1.807) is 33.3 Å². The van der Waals surface area contributed by atoms with Gasteiger partial charge in [-0.2, -0.15) is 0 Å². The molecule has 29 heavy (non-hydrogen) atoms. The molecule has 0 aliphatic carbocycles. The molecule has 0 spiro atoms. The second-order valence-corrected chi connectivity index (χ2v) is 9.34. The van der Waals surface area contributed by atoms with Crippen LogP contribution in [0, 0.1) is 6.92 Å². The first-order valence-electron chi connectivity index (χ1n) is 9.56. The highest BCUT2D eigenvalue weighted by atomic mass is 35.5. The molecule has 0 unspecified atom stereocenters. The first-order chi connectivity index (χ1) is 13.8. The van der Waals surface area contributed by atoms with Crippen molar-refractivity contribution < 1.29 is 17.9 Å². The van der Waals surface area contributed by atoms with Crippen LogP contribution in [0.1, 0.15) is 23.1 Å². The van der Waals surface area contributed by atoms with Crippen LogP contribution in [0.25, 0.3) is 0 Å². The number of hydrogen-bond acceptors (Lipinski definition) is 5. The largest absolute Gasteiger partial charge is 0.493 e. The number of hydrogen-bond donors (Lipinski definition) is 1. The Morgan fingerprint density at radius 3 is 2.48 bits per heavy atom. The standard InChI is InChI=1S/C21H27ClN2O4S/c1-15-5-6-18(22)13-21(15)29(25,26)23-8-4-9-24-10-7-16-11-19(27-2)20(28-3)12-17(16)14-24/h5-6,11-13,23H,4,7-10,14H2,1-3H3. The molecule has 0 fully saturated rings. The molecule has 0 bridgehead atoms. The van der Waals surface area contributed by atoms with Crippen molar-refractivity contribution in [1.29, 1.82) is 0 Å². The zero-order valence-corrected chi connectivity index (χ0v) is 18.6. The minimum Gasteiger partial charge on any atom is -0.493 e. The van der Waals surface area contributed by atoms with Crippen LogP contribution in [0.5, 0.6) is 11.5 Å². The predicted molar refractivity (Wildman–Crippen MR) is 115 cm³/mol. The van der Waals surface area contributed by atoms with Crippen molar-refractivity contribution in [1.82, 2.24) is 9.62 Å². The Morgan fingerprint density at radius 2 is 1.79 bits per heavy atom. The number of aryl methyl sites for hydroxylation is 1. The van der Waals surface area contributed by atoms with E-state index < -0.39 is 10.0 Å². The van der Waals surface area contributed by atoms with Gasteiger partial charge in [0.15, 0.2) is 11.5 Å². The van der Waals surface area contributed by atoms with E-state index in [-0.39, 0.29) is 4.90 Å². The summed E-state index contributed by atoms with van der Waals surface area (Å²) in [6.07, 6.45) is 1.66. The van der Waals surface area contributed by atoms with Gasteiger partial charge in [0.25, 0.3) is 0 Å². The van der Waals surface area contributed by atoms with Gasteiger partial charge >= 0.3 is 0 Å². The molecule has 2 aromatic rings. The van der Waals surface area contributed by atoms with Crippen molar-refractivity contribution in [2.75, 3.05) is 33.9 Å². The number of methoxy groups -OCH3 is 2. The maximum absolute atomic E-state index is 12.5. The maximum atomic E-state index is 12.5. The lowest BCUT2D eigenvalue weighted by molar-refractivity contribution is 0.250. The molecule has 0 atom stereocenters. The van der Waals surface area contributed by atoms with Crippen LogP contribution in [0.4, 0.5) is 0 Å². The van der Waals surface area contributed by atoms with E-state index in [4.69, 9.17) is 21.1 Å². The zero-order valence-electron chi connectivity index (χ0n) is 17.0. The first kappa shape index (κ1) is 21.9. The van der Waals surface area contributed by atoms with Crippen LogP contribution in [-0.4, -0.2) is 47.2 Å². The third kappa shape index (κ3) is 5.22. The Balaban J connectivity index is 1.55. The van der Waals surface area contributed by atoms with Crippen molar-refractivity contribution in [2.24, 2.45) is 0 Å². The van der Waals surface area contributed by atoms with E-state index in [1.165, 1.54) is 17.2 Å². The van der Waals surface area contributed by atoms with E-state index in [2.05, 4.69) is 9.62 Å². The second kappa shape index (κ2) is 9.34. The SMILES string of the molecule is COc1cc2c(cc1OC)CN(CCCNS(=O)(=O)c1cc(Cl)ccc1C)CC2. The lowest BCUT2D eigenvalue weighted by Gasteiger charge is -2.29. The average Bonchev–Trinajstić information content (AvgIpc) is 2.71. The number of sulfonamides is 1. The number of fused-ring (bicyclic) bond motifs is 1. The zero-order chi connectivity index (χ0) is 21.0. The summed E-state index contributed by atoms with van der Waals surface area (Å²) in [5.41, 5.74) is 3.18. The monoisotopic (exact) mass is 438 g/mol. The van der Waals surface area contributed by atoms with Crippen LogP contribution in [0.2, 0.25) is 5.02 Å². The van der Waals surface area contributed by atoms with E-state index in [1.807, 2.05) is 12.1 Å². The Labute approximate surface area is 177 Å². The van der Waals surface area contributed by atoms with Gasteiger partial charge in [-0.1, -0.05) is 17.7 Å². The number of ether oxygens (including phenoxy) is 2. The summed E-state index contributed by atoms with van der Waals surface area (Å²) >= 11 is 5.95. The van der Waals surface area contributed by atoms with Crippen molar-refractivity contribution in [3.8, 4) is 11.5 Å². The van der Waals surface area contributed by atoms with E-state index in [9.17, 15) is 8.42 Å². The number of benzene rings is 2. The van der Waals surface area contributed by atoms with Crippen LogP contribution in [-0.2, 0) is 23.0 Å². The summed E-state index contributed by atoms with van der Waals surface area (Å²) in [6.45, 7) is 4.70. The molecule has 2 aromatic carbocycles. The molecule has 1 N–H and O–H groups in total. The van der Waals surface area contributed by atoms with E-state index in [0.29, 0.717) is 17.1 Å². The maximum Gasteiger partial charge on any atom is 0.240 e. The molecule has 1 aliphatic heterocycles. The highest BCUT2D eigenvalue weighted by Crippen LogP contribution is 2.33. The lowest BCUT2D eigenvalue weighted by atomic mass is 9.98. The van der Waals surface area contributed by atoms with Crippen LogP contribution < -0.4 is 14.2 Å². The molecular weight excluding hydrogens is 412 g/mol. The molecule has 8 heteroatoms. The number of halogens is 1. The molecule has 3 rings (SSSR count). The van der Waals surface area contributed by atoms with E-state index >= 15 is 0 Å². The fourth-order valence-corrected chi connectivity index (χ4v) is 5.16. The Morgan fingerprint density at radius 1 is 1.10 bits per heavy atom. The van der Waals surface area contributed by atoms with Gasteiger partial charge in [-0.25, -0.2) is 13.1 Å². The van der Waals surface area contributed by atoms with Gasteiger partial charge in [-0.15, -0.1) is 0 Å². The van der Waals surface area contributed by atoms with Crippen LogP contribution in [0.15, 0.2) is 35.2 Å². The number of nitrogens with zero attached hydrogens (tertiary/aromatic N) is 1. The van der Waals surface area contributed by atoms with Gasteiger partial charge in [0.2, 0.25) is 10.0 Å². The van der Waals surface area contributed by atoms with Crippen molar-refractivity contribution in [3.05, 3.63) is 52.0 Å². The van der Waals surface area contributed by atoms with E-state index in [0.717, 1.165) is 44.0 Å². The quantitative estimate of drug-likeness (QED) is 0.640. The minimum absolute atomic E-state index is 0.234. The molecule has 6 nitrogen and oxygen atoms in total. The van der Waals surface area contributed by atoms with Gasteiger partial charge in [0, 0.05) is 24.7 Å². The summed E-state index contributed by atoms with van der Waals surface area (Å²) in [5.74, 6) is 1.49. The summed E-state index contributed by atoms with van der Waals surface area (Å²) < 4.78 is 38.6. The van der Waals surface area contributed by atoms with Crippen molar-refractivity contribution >= 4 is 21.6 Å². The number of rotatable bonds is 8. The summed E-state index contributed by atoms with van der Waals surface area (Å²) in [6, 6.07) is 8.97. The smallest absolute Gasteiger partial charge is 0.240 e. The fourth-order valence-electron chi connectivity index (χ4n) is 3.58. The number of nitrogens with one attached hydrogen (secondary N) is 1. The molecule has 0 amide bonds. The molecule has 0 saturated heterocycles. The topological polar surface area (TPSA) is 67.9 Å². The molecule has 1 aliphatic rings. The highest BCUT2D eigenvalue weighted by molar-refractivity contribution is 7.89. The van der Waals surface area contributed by atoms with Gasteiger partial charge in [0.05, 0.1) is 19.1 Å². The van der Waals surface area contributed by atoms with Gasteiger partial charge < -0.3 is 9.47 Å². The lowest BCUT2D eigenvalue weighted by Crippen LogP contribution is -2.34. The molecule has 0 saturated carbocycles. The molecule has 0 radical (unpaired) electrons. The Bertz CT molecular complexity index is 979. The molecule has 1 heterocycles. The molecular formula is C21H27ClN2O4S. The molecule has 0 aromatic heterocycles. The Kier molecular flexibility index (Phi) is 7.05. The third-order valence-electron chi connectivity index (χ3n) is 5.18. The predicted octanol–water partition coefficient (Wildman–Crippen LogP) is 3.39. The van der Waals surface area contributed by atoms with Crippen LogP contribution >= 0.6 is 11.6 Å². The minimum atomic E-state index is -3.57. The third-order valence-corrected chi connectivity index (χ3v) is 7.02. The highest BCUT2D eigenvalue weighted by Gasteiger charge is 2.20. The van der Waals surface area contributed by atoms with Crippen LogP contribution in [0.3, 0.4) is 0 Å². The van der Waals surface area contributed by atoms with Crippen molar-refractivity contribution in [3.63, 3.8) is 0 Å². The fraction of sp³-hybridized carbons (Fsp3) is 0.429. The second-order valence-electron chi connectivity index (χ2n) is 7.16. The summed E-state index contributed by atoms with van der Waals surface area (Å²) in [4.78, 5) is 2.56. The summed E-state index contributed by atoms with van der Waals surface area (Å²) in [5, 5.41) is 0.412. The van der Waals surface area contributed by atoms with Crippen molar-refractivity contribution in [2.45, 2.75) is 31.2 Å². The van der Waals surface area contributed by atoms with Gasteiger partial charge in [0.1, 0.15) is 0 Å². The molecule has 158 valence electrons. The average molecular weight is 439 g/mol. The van der Waals surface area contributed by atoms with Gasteiger partial charge in [-0.05, 0) is 67.3 Å². The normalized spacial score (nSPS) is 14.5. The summed E-state index contributed by atoms with van der Waals surface area (Å²) in [7, 11) is -0.284. The first-order valence-corrected chi connectivity index (χ1v) is 11.4. The van der Waals surface area contributed by atoms with Gasteiger partial charge in [-0.3, -0.25) is 4.90 Å².